The topological polar surface area (TPSA) is 98.8 Å². The van der Waals surface area contributed by atoms with Gasteiger partial charge in [-0.25, -0.2) is 9.78 Å². The third-order valence-corrected chi connectivity index (χ3v) is 5.83. The Balaban J connectivity index is 1.40. The number of hydrogen-bond acceptors (Lipinski definition) is 6. The van der Waals surface area contributed by atoms with Gasteiger partial charge in [0.25, 0.3) is 0 Å². The lowest BCUT2D eigenvalue weighted by Crippen LogP contribution is -2.45. The molecule has 2 aromatic rings. The Bertz CT molecular complexity index is 1050. The average Bonchev–Trinajstić information content (AvgIpc) is 3.42. The highest BCUT2D eigenvalue weighted by atomic mass is 16.6. The smallest absolute Gasteiger partial charge is 0.408 e. The van der Waals surface area contributed by atoms with Crippen LogP contribution in [0.4, 0.5) is 10.5 Å². The fourth-order valence-corrected chi connectivity index (χ4v) is 3.93. The van der Waals surface area contributed by atoms with Crippen molar-refractivity contribution >= 4 is 17.7 Å². The first-order valence-electron chi connectivity index (χ1n) is 11.3. The molecule has 1 aliphatic heterocycles. The molecule has 1 aliphatic carbocycles. The molecule has 8 nitrogen and oxygen atoms in total. The largest absolute Gasteiger partial charge is 0.492 e. The highest BCUT2D eigenvalue weighted by Crippen LogP contribution is 2.59. The number of pyridine rings is 1. The predicted octanol–water partition coefficient (Wildman–Crippen LogP) is 4.85. The molecular formula is C25H31N3O5. The lowest BCUT2D eigenvalue weighted by Gasteiger charge is -2.22. The minimum Gasteiger partial charge on any atom is -0.492 e. The van der Waals surface area contributed by atoms with Crippen molar-refractivity contribution < 1.29 is 23.8 Å². The number of carbonyl (C=O) groups is 2. The van der Waals surface area contributed by atoms with Crippen molar-refractivity contribution in [3.8, 4) is 17.4 Å². The first kappa shape index (κ1) is 22.9. The van der Waals surface area contributed by atoms with Crippen LogP contribution in [-0.4, -0.2) is 35.2 Å². The molecule has 4 rings (SSSR count). The fourth-order valence-electron chi connectivity index (χ4n) is 3.93. The highest BCUT2D eigenvalue weighted by molar-refractivity contribution is 5.96. The normalized spacial score (nSPS) is 16.4. The number of benzene rings is 1. The van der Waals surface area contributed by atoms with Crippen LogP contribution in [0.15, 0.2) is 30.5 Å². The minimum atomic E-state index is -0.722. The fraction of sp³-hybridized carbons (Fsp3) is 0.480. The second-order valence-corrected chi connectivity index (χ2v) is 9.74. The van der Waals surface area contributed by atoms with E-state index in [2.05, 4.69) is 15.6 Å². The summed E-state index contributed by atoms with van der Waals surface area (Å²) < 4.78 is 17.3. The number of fused-ring (bicyclic) bond motifs is 2. The van der Waals surface area contributed by atoms with E-state index in [1.54, 1.807) is 32.9 Å². The first-order chi connectivity index (χ1) is 15.6. The summed E-state index contributed by atoms with van der Waals surface area (Å²) in [6, 6.07) is 6.67. The molecule has 2 amide bonds. The molecule has 0 radical (unpaired) electrons. The van der Waals surface area contributed by atoms with Gasteiger partial charge < -0.3 is 24.8 Å². The van der Waals surface area contributed by atoms with E-state index in [1.165, 1.54) is 6.20 Å². The van der Waals surface area contributed by atoms with Crippen molar-refractivity contribution in [2.24, 2.45) is 0 Å². The lowest BCUT2D eigenvalue weighted by molar-refractivity contribution is -0.118. The number of hydrogen-bond donors (Lipinski definition) is 2. The van der Waals surface area contributed by atoms with Crippen LogP contribution < -0.4 is 20.1 Å². The molecule has 0 bridgehead atoms. The van der Waals surface area contributed by atoms with E-state index >= 15 is 0 Å². The lowest BCUT2D eigenvalue weighted by atomic mass is 9.95. The van der Waals surface area contributed by atoms with Gasteiger partial charge in [0, 0.05) is 17.0 Å². The van der Waals surface area contributed by atoms with Gasteiger partial charge in [0.2, 0.25) is 11.8 Å². The van der Waals surface area contributed by atoms with Crippen LogP contribution in [0.3, 0.4) is 0 Å². The maximum Gasteiger partial charge on any atom is 0.408 e. The van der Waals surface area contributed by atoms with Gasteiger partial charge in [-0.05, 0) is 64.7 Å². The van der Waals surface area contributed by atoms with Crippen LogP contribution in [-0.2, 0) is 14.9 Å². The quantitative estimate of drug-likeness (QED) is 0.649. The molecule has 33 heavy (non-hydrogen) atoms. The number of aromatic nitrogens is 1. The maximum absolute atomic E-state index is 12.6. The van der Waals surface area contributed by atoms with Gasteiger partial charge in [-0.2, -0.15) is 0 Å². The Hall–Kier alpha value is -3.29. The first-order valence-corrected chi connectivity index (χ1v) is 11.3. The predicted molar refractivity (Wildman–Crippen MR) is 124 cm³/mol. The van der Waals surface area contributed by atoms with E-state index in [9.17, 15) is 9.59 Å². The van der Waals surface area contributed by atoms with Gasteiger partial charge >= 0.3 is 6.09 Å². The molecule has 1 spiro atoms. The molecule has 1 fully saturated rings. The average molecular weight is 454 g/mol. The van der Waals surface area contributed by atoms with Gasteiger partial charge in [0.05, 0.1) is 18.5 Å². The molecule has 1 saturated carbocycles. The summed E-state index contributed by atoms with van der Waals surface area (Å²) in [5.74, 6) is 1.78. The van der Waals surface area contributed by atoms with Crippen LogP contribution in [0, 0.1) is 6.92 Å². The van der Waals surface area contributed by atoms with Crippen molar-refractivity contribution in [2.45, 2.75) is 70.9 Å². The molecular weight excluding hydrogens is 422 g/mol. The second kappa shape index (κ2) is 8.57. The Kier molecular flexibility index (Phi) is 5.95. The molecule has 176 valence electrons. The van der Waals surface area contributed by atoms with E-state index < -0.39 is 17.7 Å². The zero-order chi connectivity index (χ0) is 23.8. The van der Waals surface area contributed by atoms with Crippen molar-refractivity contribution in [1.82, 2.24) is 10.3 Å². The minimum absolute atomic E-state index is 0.0842. The number of alkyl carbamates (subject to hydrolysis) is 1. The molecule has 2 heterocycles. The third-order valence-electron chi connectivity index (χ3n) is 5.83. The van der Waals surface area contributed by atoms with Crippen LogP contribution >= 0.6 is 0 Å². The molecule has 1 atom stereocenters. The van der Waals surface area contributed by atoms with Crippen molar-refractivity contribution in [3.05, 3.63) is 41.6 Å². The highest BCUT2D eigenvalue weighted by Gasteiger charge is 2.53. The molecule has 2 aliphatic rings. The van der Waals surface area contributed by atoms with Crippen LogP contribution in [0.25, 0.3) is 0 Å². The van der Waals surface area contributed by atoms with Gasteiger partial charge in [-0.15, -0.1) is 0 Å². The third kappa shape index (κ3) is 5.05. The summed E-state index contributed by atoms with van der Waals surface area (Å²) in [5, 5.41) is 5.38. The summed E-state index contributed by atoms with van der Waals surface area (Å²) in [4.78, 5) is 29.0. The van der Waals surface area contributed by atoms with Crippen molar-refractivity contribution in [3.63, 3.8) is 0 Å². The summed E-state index contributed by atoms with van der Waals surface area (Å²) in [6.45, 7) is 9.87. The molecule has 8 heteroatoms. The van der Waals surface area contributed by atoms with Crippen molar-refractivity contribution in [2.75, 3.05) is 11.9 Å². The van der Waals surface area contributed by atoms with Crippen molar-refractivity contribution in [1.29, 1.82) is 0 Å². The number of amides is 2. The number of nitrogens with zero attached hydrogens (tertiary/aromatic N) is 1. The summed E-state index contributed by atoms with van der Waals surface area (Å²) in [6.07, 6.45) is 3.53. The molecule has 2 N–H and O–H groups in total. The summed E-state index contributed by atoms with van der Waals surface area (Å²) in [7, 11) is 0. The van der Waals surface area contributed by atoms with E-state index in [1.807, 2.05) is 26.0 Å². The van der Waals surface area contributed by atoms with E-state index in [0.29, 0.717) is 24.6 Å². The number of rotatable bonds is 6. The van der Waals surface area contributed by atoms with Crippen LogP contribution in [0.1, 0.15) is 58.1 Å². The number of anilines is 1. The number of nitrogens with one attached hydrogen (secondary N) is 2. The number of carbonyl (C=O) groups excluding carboxylic acids is 2. The van der Waals surface area contributed by atoms with Gasteiger partial charge in [-0.1, -0.05) is 13.0 Å². The zero-order valence-corrected chi connectivity index (χ0v) is 19.8. The monoisotopic (exact) mass is 453 g/mol. The Labute approximate surface area is 194 Å². The van der Waals surface area contributed by atoms with Gasteiger partial charge in [0.15, 0.2) is 0 Å². The summed E-state index contributed by atoms with van der Waals surface area (Å²) >= 11 is 0. The number of aryl methyl sites for hydroxylation is 1. The van der Waals surface area contributed by atoms with E-state index in [0.717, 1.165) is 35.5 Å². The summed E-state index contributed by atoms with van der Waals surface area (Å²) in [5.41, 5.74) is 2.20. The second-order valence-electron chi connectivity index (χ2n) is 9.74. The van der Waals surface area contributed by atoms with E-state index in [-0.39, 0.29) is 11.3 Å². The standard InChI is InChI=1S/C25H31N3O5/c1-6-17(28-23(30)33-24(3,4)5)22(29)27-16-8-10-19(26-13-16)32-18-9-7-15(2)21-20(18)25(11-12-25)14-31-21/h7-10,13,17H,6,11-12,14H2,1-5H3,(H,27,29)(H,28,30). The molecule has 1 aromatic heterocycles. The SMILES string of the molecule is CCC(NC(=O)OC(C)(C)C)C(=O)Nc1ccc(Oc2ccc(C)c3c2C2(CC2)CO3)nc1. The van der Waals surface area contributed by atoms with E-state index in [4.69, 9.17) is 14.2 Å². The molecule has 0 saturated heterocycles. The van der Waals surface area contributed by atoms with Crippen LogP contribution in [0.2, 0.25) is 0 Å². The van der Waals surface area contributed by atoms with Gasteiger partial charge in [-0.3, -0.25) is 4.79 Å². The Morgan fingerprint density at radius 2 is 1.97 bits per heavy atom. The number of ether oxygens (including phenoxy) is 3. The van der Waals surface area contributed by atoms with Crippen LogP contribution in [0.5, 0.6) is 17.4 Å². The maximum atomic E-state index is 12.6. The molecule has 1 aromatic carbocycles. The molecule has 1 unspecified atom stereocenters. The Morgan fingerprint density at radius 3 is 2.58 bits per heavy atom. The Morgan fingerprint density at radius 1 is 1.21 bits per heavy atom. The zero-order valence-electron chi connectivity index (χ0n) is 19.8. The van der Waals surface area contributed by atoms with Gasteiger partial charge in [0.1, 0.15) is 23.1 Å².